The summed E-state index contributed by atoms with van der Waals surface area (Å²) in [6, 6.07) is 3.90. The summed E-state index contributed by atoms with van der Waals surface area (Å²) in [7, 11) is 0. The Morgan fingerprint density at radius 3 is 2.35 bits per heavy atom. The van der Waals surface area contributed by atoms with Crippen LogP contribution in [-0.4, -0.2) is 23.9 Å². The Balaban J connectivity index is 2.92. The van der Waals surface area contributed by atoms with Crippen LogP contribution in [0.4, 0.5) is 10.1 Å². The van der Waals surface area contributed by atoms with Crippen LogP contribution in [0.3, 0.4) is 0 Å². The molecule has 0 fully saturated rings. The molecule has 0 aliphatic heterocycles. The van der Waals surface area contributed by atoms with Crippen LogP contribution in [0.2, 0.25) is 0 Å². The number of nitrogens with zero attached hydrogens (tertiary/aromatic N) is 1. The van der Waals surface area contributed by atoms with Gasteiger partial charge < -0.3 is 10.6 Å². The first-order valence-corrected chi connectivity index (χ1v) is 5.94. The number of anilines is 1. The van der Waals surface area contributed by atoms with Crippen LogP contribution in [0.5, 0.6) is 0 Å². The van der Waals surface area contributed by atoms with Gasteiger partial charge in [0.05, 0.1) is 5.56 Å². The minimum absolute atomic E-state index is 0.119. The first-order chi connectivity index (χ1) is 8.10. The van der Waals surface area contributed by atoms with E-state index < -0.39 is 5.82 Å². The molecule has 17 heavy (non-hydrogen) atoms. The van der Waals surface area contributed by atoms with Gasteiger partial charge in [-0.15, -0.1) is 0 Å². The van der Waals surface area contributed by atoms with Crippen molar-refractivity contribution in [2.24, 2.45) is 0 Å². The molecule has 4 heteroatoms. The standard InChI is InChI=1S/C13H19FN2O/c1-3-7-16(8-4-2)13(17)11-6-5-10(14)9-12(11)15/h5-6,9H,3-4,7-8,15H2,1-2H3. The van der Waals surface area contributed by atoms with Gasteiger partial charge in [0.2, 0.25) is 0 Å². The maximum absolute atomic E-state index is 12.9. The first-order valence-electron chi connectivity index (χ1n) is 5.94. The summed E-state index contributed by atoms with van der Waals surface area (Å²) in [6.45, 7) is 5.43. The molecule has 94 valence electrons. The van der Waals surface area contributed by atoms with Crippen LogP contribution < -0.4 is 5.73 Å². The number of hydrogen-bond donors (Lipinski definition) is 1. The summed E-state index contributed by atoms with van der Waals surface area (Å²) in [5.41, 5.74) is 6.25. The van der Waals surface area contributed by atoms with Gasteiger partial charge in [0.1, 0.15) is 5.82 Å². The minimum Gasteiger partial charge on any atom is -0.398 e. The molecular formula is C13H19FN2O. The molecular weight excluding hydrogens is 219 g/mol. The van der Waals surface area contributed by atoms with Crippen LogP contribution >= 0.6 is 0 Å². The predicted octanol–water partition coefficient (Wildman–Crippen LogP) is 2.67. The molecule has 0 radical (unpaired) electrons. The molecule has 0 aromatic heterocycles. The third-order valence-corrected chi connectivity index (χ3v) is 2.52. The van der Waals surface area contributed by atoms with Crippen molar-refractivity contribution in [3.8, 4) is 0 Å². The van der Waals surface area contributed by atoms with E-state index in [4.69, 9.17) is 5.73 Å². The fourth-order valence-corrected chi connectivity index (χ4v) is 1.75. The molecule has 0 saturated heterocycles. The Kier molecular flexibility index (Phi) is 4.94. The maximum Gasteiger partial charge on any atom is 0.255 e. The Morgan fingerprint density at radius 2 is 1.88 bits per heavy atom. The zero-order chi connectivity index (χ0) is 12.8. The van der Waals surface area contributed by atoms with E-state index in [0.29, 0.717) is 18.7 Å². The van der Waals surface area contributed by atoms with Gasteiger partial charge in [-0.25, -0.2) is 4.39 Å². The van der Waals surface area contributed by atoms with Crippen LogP contribution in [0.25, 0.3) is 0 Å². The number of nitrogen functional groups attached to an aromatic ring is 1. The van der Waals surface area contributed by atoms with Crippen LogP contribution in [0.15, 0.2) is 18.2 Å². The van der Waals surface area contributed by atoms with Crippen molar-refractivity contribution in [3.05, 3.63) is 29.6 Å². The lowest BCUT2D eigenvalue weighted by Gasteiger charge is -2.22. The van der Waals surface area contributed by atoms with Gasteiger partial charge in [-0.05, 0) is 31.0 Å². The van der Waals surface area contributed by atoms with E-state index in [1.165, 1.54) is 18.2 Å². The zero-order valence-corrected chi connectivity index (χ0v) is 10.4. The average Bonchev–Trinajstić information content (AvgIpc) is 2.28. The number of rotatable bonds is 5. The molecule has 0 aliphatic carbocycles. The predicted molar refractivity (Wildman–Crippen MR) is 67.3 cm³/mol. The molecule has 1 amide bonds. The topological polar surface area (TPSA) is 46.3 Å². The molecule has 0 saturated carbocycles. The van der Waals surface area contributed by atoms with Crippen LogP contribution in [0, 0.1) is 5.82 Å². The Bertz CT molecular complexity index is 387. The largest absolute Gasteiger partial charge is 0.398 e. The number of carbonyl (C=O) groups is 1. The highest BCUT2D eigenvalue weighted by molar-refractivity contribution is 5.99. The van der Waals surface area contributed by atoms with Gasteiger partial charge in [-0.1, -0.05) is 13.8 Å². The number of carbonyl (C=O) groups excluding carboxylic acids is 1. The molecule has 1 aromatic rings. The lowest BCUT2D eigenvalue weighted by atomic mass is 10.1. The highest BCUT2D eigenvalue weighted by Gasteiger charge is 2.16. The lowest BCUT2D eigenvalue weighted by molar-refractivity contribution is 0.0756. The first kappa shape index (κ1) is 13.5. The average molecular weight is 238 g/mol. The summed E-state index contributed by atoms with van der Waals surface area (Å²) >= 11 is 0. The molecule has 0 bridgehead atoms. The van der Waals surface area contributed by atoms with Gasteiger partial charge in [0.15, 0.2) is 0 Å². The van der Waals surface area contributed by atoms with Gasteiger partial charge in [-0.2, -0.15) is 0 Å². The zero-order valence-electron chi connectivity index (χ0n) is 10.4. The van der Waals surface area contributed by atoms with Gasteiger partial charge in [-0.3, -0.25) is 4.79 Å². The van der Waals surface area contributed by atoms with Crippen molar-refractivity contribution >= 4 is 11.6 Å². The summed E-state index contributed by atoms with van der Waals surface area (Å²) in [5.74, 6) is -0.539. The van der Waals surface area contributed by atoms with Crippen molar-refractivity contribution in [1.29, 1.82) is 0 Å². The fraction of sp³-hybridized carbons (Fsp3) is 0.462. The number of amides is 1. The molecule has 0 spiro atoms. The maximum atomic E-state index is 12.9. The van der Waals surface area contributed by atoms with Crippen molar-refractivity contribution in [2.45, 2.75) is 26.7 Å². The molecule has 1 aromatic carbocycles. The highest BCUT2D eigenvalue weighted by Crippen LogP contribution is 2.16. The summed E-state index contributed by atoms with van der Waals surface area (Å²) in [6.07, 6.45) is 1.79. The van der Waals surface area contributed by atoms with Crippen molar-refractivity contribution < 1.29 is 9.18 Å². The Labute approximate surface area is 101 Å². The van der Waals surface area contributed by atoms with Crippen LogP contribution in [-0.2, 0) is 0 Å². The van der Waals surface area contributed by atoms with E-state index in [1.54, 1.807) is 4.90 Å². The smallest absolute Gasteiger partial charge is 0.255 e. The molecule has 2 N–H and O–H groups in total. The monoisotopic (exact) mass is 238 g/mol. The number of nitrogens with two attached hydrogens (primary N) is 1. The van der Waals surface area contributed by atoms with Gasteiger partial charge >= 0.3 is 0 Å². The minimum atomic E-state index is -0.420. The van der Waals surface area contributed by atoms with Crippen molar-refractivity contribution in [2.75, 3.05) is 18.8 Å². The quantitative estimate of drug-likeness (QED) is 0.802. The summed E-state index contributed by atoms with van der Waals surface area (Å²) in [5, 5.41) is 0. The van der Waals surface area contributed by atoms with E-state index in [2.05, 4.69) is 0 Å². The van der Waals surface area contributed by atoms with E-state index in [9.17, 15) is 9.18 Å². The van der Waals surface area contributed by atoms with Gasteiger partial charge in [0.25, 0.3) is 5.91 Å². The second-order valence-electron chi connectivity index (χ2n) is 4.02. The van der Waals surface area contributed by atoms with Gasteiger partial charge in [0, 0.05) is 18.8 Å². The molecule has 0 unspecified atom stereocenters. The van der Waals surface area contributed by atoms with Crippen molar-refractivity contribution in [3.63, 3.8) is 0 Å². The second kappa shape index (κ2) is 6.23. The summed E-state index contributed by atoms with van der Waals surface area (Å²) < 4.78 is 12.9. The van der Waals surface area contributed by atoms with Crippen LogP contribution in [0.1, 0.15) is 37.0 Å². The molecule has 0 atom stereocenters. The third kappa shape index (κ3) is 3.44. The van der Waals surface area contributed by atoms with E-state index in [-0.39, 0.29) is 11.6 Å². The number of halogens is 1. The normalized spacial score (nSPS) is 10.3. The SMILES string of the molecule is CCCN(CCC)C(=O)c1ccc(F)cc1N. The van der Waals surface area contributed by atoms with Crippen molar-refractivity contribution in [1.82, 2.24) is 4.90 Å². The Hall–Kier alpha value is -1.58. The molecule has 0 heterocycles. The number of benzene rings is 1. The summed E-state index contributed by atoms with van der Waals surface area (Å²) in [4.78, 5) is 13.9. The fourth-order valence-electron chi connectivity index (χ4n) is 1.75. The second-order valence-corrected chi connectivity index (χ2v) is 4.02. The third-order valence-electron chi connectivity index (χ3n) is 2.52. The number of hydrogen-bond acceptors (Lipinski definition) is 2. The van der Waals surface area contributed by atoms with E-state index in [0.717, 1.165) is 12.8 Å². The molecule has 3 nitrogen and oxygen atoms in total. The van der Waals surface area contributed by atoms with E-state index in [1.807, 2.05) is 13.8 Å². The highest BCUT2D eigenvalue weighted by atomic mass is 19.1. The lowest BCUT2D eigenvalue weighted by Crippen LogP contribution is -2.33. The Morgan fingerprint density at radius 1 is 1.29 bits per heavy atom. The molecule has 0 aliphatic rings. The molecule has 1 rings (SSSR count). The van der Waals surface area contributed by atoms with E-state index >= 15 is 0 Å².